The minimum atomic E-state index is -0.129. The van der Waals surface area contributed by atoms with Crippen molar-refractivity contribution in [3.63, 3.8) is 0 Å². The summed E-state index contributed by atoms with van der Waals surface area (Å²) in [6.45, 7) is 29.8. The number of likely N-dealkylation sites (tertiary alicyclic amines) is 1. The lowest BCUT2D eigenvalue weighted by Gasteiger charge is -2.37. The van der Waals surface area contributed by atoms with Gasteiger partial charge in [-0.3, -0.25) is 4.90 Å². The van der Waals surface area contributed by atoms with Crippen molar-refractivity contribution >= 4 is 0 Å². The minimum absolute atomic E-state index is 0.0120. The van der Waals surface area contributed by atoms with Gasteiger partial charge in [0.15, 0.2) is 0 Å². The molecule has 1 atom stereocenters. The van der Waals surface area contributed by atoms with E-state index in [9.17, 15) is 10.2 Å². The van der Waals surface area contributed by atoms with E-state index in [0.29, 0.717) is 24.1 Å². The van der Waals surface area contributed by atoms with Crippen LogP contribution in [0.5, 0.6) is 11.5 Å². The zero-order chi connectivity index (χ0) is 30.3. The molecule has 0 amide bonds. The Balaban J connectivity index is 1.83. The number of rotatable bonds is 6. The van der Waals surface area contributed by atoms with Crippen LogP contribution >= 0.6 is 0 Å². The fourth-order valence-corrected chi connectivity index (χ4v) is 5.75. The van der Waals surface area contributed by atoms with E-state index in [1.54, 1.807) is 0 Å². The van der Waals surface area contributed by atoms with Gasteiger partial charge in [0.1, 0.15) is 11.5 Å². The number of phenolic OH excluding ortho intramolecular Hbond substituents is 2. The van der Waals surface area contributed by atoms with E-state index in [1.807, 2.05) is 0 Å². The summed E-state index contributed by atoms with van der Waals surface area (Å²) in [6.07, 6.45) is 3.55. The number of piperidine rings is 1. The summed E-state index contributed by atoms with van der Waals surface area (Å²) in [5.74, 6) is 0.878. The monoisotopic (exact) mass is 550 g/mol. The lowest BCUT2D eigenvalue weighted by Crippen LogP contribution is -2.45. The number of nitrogens with zero attached hydrogens (tertiary/aromatic N) is 1. The van der Waals surface area contributed by atoms with Crippen molar-refractivity contribution in [2.24, 2.45) is 0 Å². The van der Waals surface area contributed by atoms with Crippen LogP contribution in [-0.2, 0) is 34.7 Å². The standard InChI is InChI=1S/C36H58N2O2/c1-33(2,3)26-17-24(31(39)29(19-26)35(7,8)9)21-37-22-28-15-13-14-16-38(28)23-25-18-27(34(4,5)6)20-30(32(25)40)36(10,11)12/h17-20,28,37,39-40H,13-16,21-23H2,1-12H3/t28-/m0/s1. The van der Waals surface area contributed by atoms with E-state index in [1.165, 1.54) is 24.0 Å². The number of phenols is 2. The van der Waals surface area contributed by atoms with Gasteiger partial charge in [0.2, 0.25) is 0 Å². The topological polar surface area (TPSA) is 55.7 Å². The minimum Gasteiger partial charge on any atom is -0.507 e. The highest BCUT2D eigenvalue weighted by molar-refractivity contribution is 5.50. The third-order valence-electron chi connectivity index (χ3n) is 8.54. The molecule has 4 nitrogen and oxygen atoms in total. The van der Waals surface area contributed by atoms with Gasteiger partial charge in [-0.15, -0.1) is 0 Å². The van der Waals surface area contributed by atoms with Gasteiger partial charge in [-0.05, 0) is 63.3 Å². The molecule has 1 aliphatic heterocycles. The largest absolute Gasteiger partial charge is 0.507 e. The van der Waals surface area contributed by atoms with Gasteiger partial charge < -0.3 is 15.5 Å². The molecule has 224 valence electrons. The number of hydrogen-bond donors (Lipinski definition) is 3. The molecule has 3 rings (SSSR count). The van der Waals surface area contributed by atoms with E-state index in [2.05, 4.69) is 118 Å². The van der Waals surface area contributed by atoms with Crippen LogP contribution in [0.1, 0.15) is 136 Å². The van der Waals surface area contributed by atoms with Crippen molar-refractivity contribution in [3.8, 4) is 11.5 Å². The average molecular weight is 551 g/mol. The molecule has 1 aliphatic rings. The van der Waals surface area contributed by atoms with E-state index in [-0.39, 0.29) is 21.7 Å². The van der Waals surface area contributed by atoms with E-state index in [0.717, 1.165) is 48.3 Å². The third-order valence-corrected chi connectivity index (χ3v) is 8.54. The number of hydrogen-bond acceptors (Lipinski definition) is 4. The van der Waals surface area contributed by atoms with Crippen molar-refractivity contribution in [2.45, 2.75) is 143 Å². The van der Waals surface area contributed by atoms with Crippen LogP contribution in [0.3, 0.4) is 0 Å². The smallest absolute Gasteiger partial charge is 0.123 e. The number of aromatic hydroxyl groups is 2. The molecular formula is C36H58N2O2. The van der Waals surface area contributed by atoms with Gasteiger partial charge in [0, 0.05) is 36.8 Å². The Labute approximate surface area is 245 Å². The summed E-state index contributed by atoms with van der Waals surface area (Å²) < 4.78 is 0. The van der Waals surface area contributed by atoms with Gasteiger partial charge in [-0.1, -0.05) is 114 Å². The first-order chi connectivity index (χ1) is 18.2. The Morgan fingerprint density at radius 2 is 1.15 bits per heavy atom. The molecule has 0 saturated carbocycles. The van der Waals surface area contributed by atoms with Crippen molar-refractivity contribution in [1.82, 2.24) is 10.2 Å². The Morgan fingerprint density at radius 1 is 0.675 bits per heavy atom. The zero-order valence-corrected chi connectivity index (χ0v) is 27.7. The molecule has 1 fully saturated rings. The normalized spacial score (nSPS) is 17.9. The van der Waals surface area contributed by atoms with Crippen LogP contribution in [-0.4, -0.2) is 34.2 Å². The highest BCUT2D eigenvalue weighted by Crippen LogP contribution is 2.40. The van der Waals surface area contributed by atoms with E-state index >= 15 is 0 Å². The molecule has 0 aliphatic carbocycles. The molecule has 3 N–H and O–H groups in total. The van der Waals surface area contributed by atoms with Crippen molar-refractivity contribution in [3.05, 3.63) is 57.6 Å². The maximum absolute atomic E-state index is 11.4. The molecule has 4 heteroatoms. The summed E-state index contributed by atoms with van der Waals surface area (Å²) in [4.78, 5) is 2.55. The molecule has 1 saturated heterocycles. The number of nitrogens with one attached hydrogen (secondary N) is 1. The van der Waals surface area contributed by atoms with E-state index < -0.39 is 0 Å². The lowest BCUT2D eigenvalue weighted by atomic mass is 9.78. The highest BCUT2D eigenvalue weighted by atomic mass is 16.3. The molecule has 2 aromatic carbocycles. The molecule has 0 bridgehead atoms. The first-order valence-corrected chi connectivity index (χ1v) is 15.4. The second-order valence-corrected chi connectivity index (χ2v) is 16.3. The summed E-state index contributed by atoms with van der Waals surface area (Å²) in [7, 11) is 0. The van der Waals surface area contributed by atoms with Crippen LogP contribution in [0.15, 0.2) is 24.3 Å². The third kappa shape index (κ3) is 7.82. The predicted octanol–water partition coefficient (Wildman–Crippen LogP) is 8.43. The molecular weight excluding hydrogens is 492 g/mol. The van der Waals surface area contributed by atoms with Gasteiger partial charge in [-0.2, -0.15) is 0 Å². The molecule has 0 spiro atoms. The Kier molecular flexibility index (Phi) is 9.48. The van der Waals surface area contributed by atoms with Crippen LogP contribution < -0.4 is 5.32 Å². The maximum atomic E-state index is 11.4. The second-order valence-electron chi connectivity index (χ2n) is 16.3. The van der Waals surface area contributed by atoms with Crippen molar-refractivity contribution in [2.75, 3.05) is 13.1 Å². The Hall–Kier alpha value is -2.04. The molecule has 0 aromatic heterocycles. The SMILES string of the molecule is CC(C)(C)c1cc(CNC[C@@H]2CCCCN2Cc2cc(C(C)(C)C)cc(C(C)(C)C)c2O)c(O)c(C(C)(C)C)c1. The van der Waals surface area contributed by atoms with Crippen LogP contribution in [0.4, 0.5) is 0 Å². The van der Waals surface area contributed by atoms with Gasteiger partial charge in [0.05, 0.1) is 0 Å². The maximum Gasteiger partial charge on any atom is 0.123 e. The van der Waals surface area contributed by atoms with Crippen LogP contribution in [0.2, 0.25) is 0 Å². The predicted molar refractivity (Wildman–Crippen MR) is 171 cm³/mol. The van der Waals surface area contributed by atoms with Gasteiger partial charge in [0.25, 0.3) is 0 Å². The molecule has 2 aromatic rings. The average Bonchev–Trinajstić information content (AvgIpc) is 2.79. The first-order valence-electron chi connectivity index (χ1n) is 15.4. The summed E-state index contributed by atoms with van der Waals surface area (Å²) in [5, 5.41) is 26.3. The summed E-state index contributed by atoms with van der Waals surface area (Å²) in [6, 6.07) is 9.19. The summed E-state index contributed by atoms with van der Waals surface area (Å²) >= 11 is 0. The van der Waals surface area contributed by atoms with Crippen LogP contribution in [0.25, 0.3) is 0 Å². The Bertz CT molecular complexity index is 1170. The van der Waals surface area contributed by atoms with Gasteiger partial charge in [-0.25, -0.2) is 0 Å². The van der Waals surface area contributed by atoms with Crippen molar-refractivity contribution in [1.29, 1.82) is 0 Å². The van der Waals surface area contributed by atoms with Gasteiger partial charge >= 0.3 is 0 Å². The first kappa shape index (κ1) is 32.5. The fraction of sp³-hybridized carbons (Fsp3) is 0.667. The van der Waals surface area contributed by atoms with Crippen LogP contribution in [0, 0.1) is 0 Å². The molecule has 40 heavy (non-hydrogen) atoms. The lowest BCUT2D eigenvalue weighted by molar-refractivity contribution is 0.136. The zero-order valence-electron chi connectivity index (χ0n) is 27.7. The number of benzene rings is 2. The molecule has 0 radical (unpaired) electrons. The Morgan fingerprint density at radius 3 is 1.62 bits per heavy atom. The quantitative estimate of drug-likeness (QED) is 0.338. The van der Waals surface area contributed by atoms with Crippen molar-refractivity contribution < 1.29 is 10.2 Å². The molecule has 0 unspecified atom stereocenters. The van der Waals surface area contributed by atoms with E-state index in [4.69, 9.17) is 0 Å². The second kappa shape index (κ2) is 11.7. The highest BCUT2D eigenvalue weighted by Gasteiger charge is 2.29. The fourth-order valence-electron chi connectivity index (χ4n) is 5.75. The molecule has 1 heterocycles. The summed E-state index contributed by atoms with van der Waals surface area (Å²) in [5.41, 5.74) is 6.37.